The number of halogens is 1. The zero-order valence-electron chi connectivity index (χ0n) is 24.1. The minimum absolute atomic E-state index is 0.0545. The second kappa shape index (κ2) is 15.9. The van der Waals surface area contributed by atoms with E-state index in [-0.39, 0.29) is 17.2 Å². The molecule has 0 heterocycles. The SMILES string of the molecule is CCOc1cc(COc2c(Cl)cc(/C=C(\C#N)C(=O)NCc3ccccc3)cc2OCC)ccc1OCc1ccccc1. The van der Waals surface area contributed by atoms with Crippen LogP contribution >= 0.6 is 11.6 Å². The standard InChI is InChI=1S/C35H33ClN2O5/c1-3-40-32-19-27(15-16-31(32)42-23-26-13-9-6-10-14-26)24-43-34-30(36)18-28(20-33(34)41-4-2)17-29(21-37)35(39)38-22-25-11-7-5-8-12-25/h5-20H,3-4,22-24H2,1-2H3,(H,38,39)/b29-17+. The van der Waals surface area contributed by atoms with E-state index in [1.165, 1.54) is 6.08 Å². The van der Waals surface area contributed by atoms with Crippen molar-refractivity contribution in [3.8, 4) is 29.1 Å². The van der Waals surface area contributed by atoms with Crippen molar-refractivity contribution in [3.05, 3.63) is 124 Å². The third-order valence-electron chi connectivity index (χ3n) is 6.23. The van der Waals surface area contributed by atoms with Crippen LogP contribution in [0.1, 0.15) is 36.1 Å². The van der Waals surface area contributed by atoms with Gasteiger partial charge >= 0.3 is 0 Å². The van der Waals surface area contributed by atoms with E-state index >= 15 is 0 Å². The Kier molecular flexibility index (Phi) is 11.5. The van der Waals surface area contributed by atoms with Gasteiger partial charge in [-0.2, -0.15) is 5.26 Å². The number of rotatable bonds is 14. The molecule has 0 saturated heterocycles. The number of carbonyl (C=O) groups excluding carboxylic acids is 1. The van der Waals surface area contributed by atoms with E-state index in [9.17, 15) is 10.1 Å². The van der Waals surface area contributed by atoms with Crippen LogP contribution in [0, 0.1) is 11.3 Å². The van der Waals surface area contributed by atoms with E-state index < -0.39 is 5.91 Å². The molecule has 220 valence electrons. The lowest BCUT2D eigenvalue weighted by atomic mass is 10.1. The Morgan fingerprint density at radius 1 is 0.767 bits per heavy atom. The number of carbonyl (C=O) groups is 1. The van der Waals surface area contributed by atoms with Crippen LogP contribution < -0.4 is 24.3 Å². The van der Waals surface area contributed by atoms with E-state index in [2.05, 4.69) is 5.32 Å². The third-order valence-corrected chi connectivity index (χ3v) is 6.51. The molecule has 0 bridgehead atoms. The molecule has 0 fully saturated rings. The fraction of sp³-hybridized carbons (Fsp3) is 0.200. The highest BCUT2D eigenvalue weighted by molar-refractivity contribution is 6.32. The lowest BCUT2D eigenvalue weighted by molar-refractivity contribution is -0.117. The molecule has 0 aromatic heterocycles. The van der Waals surface area contributed by atoms with Gasteiger partial charge in [-0.25, -0.2) is 0 Å². The summed E-state index contributed by atoms with van der Waals surface area (Å²) in [5.74, 6) is 1.53. The Balaban J connectivity index is 1.48. The van der Waals surface area contributed by atoms with Gasteiger partial charge in [0.15, 0.2) is 23.0 Å². The summed E-state index contributed by atoms with van der Waals surface area (Å²) in [4.78, 5) is 12.7. The lowest BCUT2D eigenvalue weighted by Gasteiger charge is -2.16. The molecule has 8 heteroatoms. The Labute approximate surface area is 257 Å². The van der Waals surface area contributed by atoms with Crippen LogP contribution in [0.25, 0.3) is 6.08 Å². The van der Waals surface area contributed by atoms with Gasteiger partial charge in [0.25, 0.3) is 5.91 Å². The maximum Gasteiger partial charge on any atom is 0.262 e. The number of hydrogen-bond donors (Lipinski definition) is 1. The van der Waals surface area contributed by atoms with E-state index in [1.807, 2.05) is 98.8 Å². The van der Waals surface area contributed by atoms with Crippen molar-refractivity contribution < 1.29 is 23.7 Å². The summed E-state index contributed by atoms with van der Waals surface area (Å²) in [7, 11) is 0. The lowest BCUT2D eigenvalue weighted by Crippen LogP contribution is -2.23. The van der Waals surface area contributed by atoms with Crippen molar-refractivity contribution in [1.29, 1.82) is 5.26 Å². The molecule has 4 aromatic carbocycles. The highest BCUT2D eigenvalue weighted by Gasteiger charge is 2.16. The number of nitrogens with zero attached hydrogens (tertiary/aromatic N) is 1. The van der Waals surface area contributed by atoms with Gasteiger partial charge in [-0.1, -0.05) is 78.3 Å². The van der Waals surface area contributed by atoms with E-state index in [0.29, 0.717) is 54.9 Å². The second-order valence-electron chi connectivity index (χ2n) is 9.38. The molecule has 0 unspecified atom stereocenters. The quantitative estimate of drug-likeness (QED) is 0.120. The third kappa shape index (κ3) is 9.03. The summed E-state index contributed by atoms with van der Waals surface area (Å²) >= 11 is 6.63. The van der Waals surface area contributed by atoms with Gasteiger partial charge in [-0.15, -0.1) is 0 Å². The smallest absolute Gasteiger partial charge is 0.262 e. The molecule has 0 aliphatic heterocycles. The summed E-state index contributed by atoms with van der Waals surface area (Å²) in [5, 5.41) is 12.7. The molecule has 0 spiro atoms. The summed E-state index contributed by atoms with van der Waals surface area (Å²) in [6.07, 6.45) is 1.47. The number of nitrogens with one attached hydrogen (secondary N) is 1. The van der Waals surface area contributed by atoms with Crippen LogP contribution in [0.5, 0.6) is 23.0 Å². The van der Waals surface area contributed by atoms with Crippen LogP contribution in [0.4, 0.5) is 0 Å². The van der Waals surface area contributed by atoms with Crippen molar-refractivity contribution in [3.63, 3.8) is 0 Å². The Hall–Kier alpha value is -4.93. The normalized spacial score (nSPS) is 10.9. The van der Waals surface area contributed by atoms with Crippen molar-refractivity contribution in [2.75, 3.05) is 13.2 Å². The van der Waals surface area contributed by atoms with Crippen LogP contribution in [0.2, 0.25) is 5.02 Å². The zero-order valence-corrected chi connectivity index (χ0v) is 24.9. The Morgan fingerprint density at radius 2 is 1.42 bits per heavy atom. The van der Waals surface area contributed by atoms with Crippen LogP contribution in [-0.2, 0) is 24.6 Å². The van der Waals surface area contributed by atoms with Gasteiger partial charge < -0.3 is 24.3 Å². The predicted octanol–water partition coefficient (Wildman–Crippen LogP) is 7.52. The molecule has 7 nitrogen and oxygen atoms in total. The first kappa shape index (κ1) is 31.0. The molecule has 0 atom stereocenters. The van der Waals surface area contributed by atoms with Crippen LogP contribution in [-0.4, -0.2) is 19.1 Å². The van der Waals surface area contributed by atoms with Gasteiger partial charge in [-0.3, -0.25) is 4.79 Å². The summed E-state index contributed by atoms with van der Waals surface area (Å²) in [6.45, 7) is 5.54. The highest BCUT2D eigenvalue weighted by Crippen LogP contribution is 2.38. The Bertz CT molecular complexity index is 1580. The first-order chi connectivity index (χ1) is 21.0. The number of amides is 1. The molecule has 43 heavy (non-hydrogen) atoms. The zero-order chi connectivity index (χ0) is 30.4. The van der Waals surface area contributed by atoms with Crippen LogP contribution in [0.15, 0.2) is 96.6 Å². The van der Waals surface area contributed by atoms with Crippen molar-refractivity contribution in [1.82, 2.24) is 5.32 Å². The molecule has 0 radical (unpaired) electrons. The van der Waals surface area contributed by atoms with Crippen molar-refractivity contribution >= 4 is 23.6 Å². The topological polar surface area (TPSA) is 89.8 Å². The molecule has 0 aliphatic rings. The van der Waals surface area contributed by atoms with Gasteiger partial charge in [0.2, 0.25) is 0 Å². The number of nitriles is 1. The van der Waals surface area contributed by atoms with Crippen molar-refractivity contribution in [2.24, 2.45) is 0 Å². The first-order valence-electron chi connectivity index (χ1n) is 14.0. The highest BCUT2D eigenvalue weighted by atomic mass is 35.5. The summed E-state index contributed by atoms with van der Waals surface area (Å²) in [5.41, 5.74) is 3.31. The number of benzene rings is 4. The fourth-order valence-corrected chi connectivity index (χ4v) is 4.46. The molecular formula is C35H33ClN2O5. The molecule has 0 saturated carbocycles. The van der Waals surface area contributed by atoms with Gasteiger partial charge in [-0.05, 0) is 66.4 Å². The molecule has 4 rings (SSSR count). The largest absolute Gasteiger partial charge is 0.490 e. The average Bonchev–Trinajstić information content (AvgIpc) is 3.03. The minimum atomic E-state index is -0.484. The fourth-order valence-electron chi connectivity index (χ4n) is 4.18. The molecule has 1 N–H and O–H groups in total. The second-order valence-corrected chi connectivity index (χ2v) is 9.79. The molecular weight excluding hydrogens is 564 g/mol. The van der Waals surface area contributed by atoms with Gasteiger partial charge in [0.1, 0.15) is 24.9 Å². The number of hydrogen-bond acceptors (Lipinski definition) is 6. The number of ether oxygens (including phenoxy) is 4. The van der Waals surface area contributed by atoms with Gasteiger partial charge in [0.05, 0.1) is 18.2 Å². The van der Waals surface area contributed by atoms with E-state index in [0.717, 1.165) is 16.7 Å². The summed E-state index contributed by atoms with van der Waals surface area (Å²) in [6, 6.07) is 30.3. The molecule has 0 aliphatic carbocycles. The van der Waals surface area contributed by atoms with Crippen molar-refractivity contribution in [2.45, 2.75) is 33.6 Å². The van der Waals surface area contributed by atoms with Crippen LogP contribution in [0.3, 0.4) is 0 Å². The predicted molar refractivity (Wildman–Crippen MR) is 167 cm³/mol. The average molecular weight is 597 g/mol. The minimum Gasteiger partial charge on any atom is -0.490 e. The maximum atomic E-state index is 12.7. The first-order valence-corrected chi connectivity index (χ1v) is 14.3. The summed E-state index contributed by atoms with van der Waals surface area (Å²) < 4.78 is 23.8. The Morgan fingerprint density at radius 3 is 2.09 bits per heavy atom. The molecule has 4 aromatic rings. The van der Waals surface area contributed by atoms with E-state index in [1.54, 1.807) is 12.1 Å². The van der Waals surface area contributed by atoms with E-state index in [4.69, 9.17) is 30.5 Å². The van der Waals surface area contributed by atoms with Gasteiger partial charge in [0, 0.05) is 6.54 Å². The maximum absolute atomic E-state index is 12.7. The molecule has 1 amide bonds. The monoisotopic (exact) mass is 596 g/mol.